The van der Waals surface area contributed by atoms with Crippen molar-refractivity contribution in [2.24, 2.45) is 10.8 Å². The van der Waals surface area contributed by atoms with Crippen LogP contribution in [0.25, 0.3) is 0 Å². The predicted octanol–water partition coefficient (Wildman–Crippen LogP) is 4.74. The van der Waals surface area contributed by atoms with Crippen LogP contribution in [0.15, 0.2) is 11.1 Å². The highest BCUT2D eigenvalue weighted by Gasteiger charge is 2.50. The van der Waals surface area contributed by atoms with Gasteiger partial charge in [0.25, 0.3) is 0 Å². The molecule has 0 atom stereocenters. The first-order valence-corrected chi connectivity index (χ1v) is 6.61. The summed E-state index contributed by atoms with van der Waals surface area (Å²) in [5.41, 5.74) is 0.944. The van der Waals surface area contributed by atoms with Crippen LogP contribution in [0.2, 0.25) is 0 Å². The van der Waals surface area contributed by atoms with E-state index in [-0.39, 0.29) is 16.8 Å². The third-order valence-corrected chi connectivity index (χ3v) is 4.22. The molecule has 0 spiro atoms. The normalized spacial score (nSPS) is 13.2. The minimum atomic E-state index is -0.520. The van der Waals surface area contributed by atoms with Crippen molar-refractivity contribution in [3.63, 3.8) is 0 Å². The van der Waals surface area contributed by atoms with Gasteiger partial charge < -0.3 is 4.74 Å². The van der Waals surface area contributed by atoms with Crippen LogP contribution in [-0.4, -0.2) is 11.6 Å². The number of ether oxygens (including phenoxy) is 1. The molecule has 0 bridgehead atoms. The van der Waals surface area contributed by atoms with Gasteiger partial charge in [0.2, 0.25) is 0 Å². The van der Waals surface area contributed by atoms with E-state index in [1.807, 2.05) is 27.7 Å². The minimum Gasteiger partial charge on any atom is -0.455 e. The lowest BCUT2D eigenvalue weighted by molar-refractivity contribution is -0.187. The Balaban J connectivity index is 5.46. The molecule has 0 fully saturated rings. The van der Waals surface area contributed by atoms with Crippen molar-refractivity contribution in [2.45, 2.75) is 74.8 Å². The number of allylic oxidation sites excluding steroid dienone is 1. The van der Waals surface area contributed by atoms with Gasteiger partial charge in [0.05, 0.1) is 0 Å². The van der Waals surface area contributed by atoms with E-state index in [2.05, 4.69) is 41.5 Å². The molecular formula is C16H30O2. The lowest BCUT2D eigenvalue weighted by Gasteiger charge is -2.50. The highest BCUT2D eigenvalue weighted by Crippen LogP contribution is 2.46. The van der Waals surface area contributed by atoms with Gasteiger partial charge in [-0.3, -0.25) is 0 Å². The highest BCUT2D eigenvalue weighted by molar-refractivity contribution is 5.88. The van der Waals surface area contributed by atoms with Crippen LogP contribution in [0.3, 0.4) is 0 Å². The summed E-state index contributed by atoms with van der Waals surface area (Å²) in [4.78, 5) is 12.2. The van der Waals surface area contributed by atoms with Gasteiger partial charge in [-0.2, -0.15) is 0 Å². The Bertz CT molecular complexity index is 330. The van der Waals surface area contributed by atoms with Crippen LogP contribution in [0, 0.1) is 10.8 Å². The number of hydrogen-bond acceptors (Lipinski definition) is 2. The predicted molar refractivity (Wildman–Crippen MR) is 77.5 cm³/mol. The van der Waals surface area contributed by atoms with Crippen molar-refractivity contribution in [1.82, 2.24) is 0 Å². The van der Waals surface area contributed by atoms with Crippen molar-refractivity contribution in [2.75, 3.05) is 0 Å². The second kappa shape index (κ2) is 5.07. The van der Waals surface area contributed by atoms with Gasteiger partial charge in [-0.05, 0) is 27.7 Å². The maximum absolute atomic E-state index is 12.2. The molecule has 0 saturated heterocycles. The summed E-state index contributed by atoms with van der Waals surface area (Å²) in [6, 6.07) is 0. The molecule has 0 radical (unpaired) electrons. The largest absolute Gasteiger partial charge is 0.455 e. The molecule has 0 aromatic heterocycles. The molecule has 0 saturated carbocycles. The van der Waals surface area contributed by atoms with Crippen LogP contribution < -0.4 is 0 Å². The van der Waals surface area contributed by atoms with Gasteiger partial charge >= 0.3 is 5.97 Å². The smallest absolute Gasteiger partial charge is 0.334 e. The third-order valence-electron chi connectivity index (χ3n) is 4.22. The van der Waals surface area contributed by atoms with Crippen molar-refractivity contribution in [3.05, 3.63) is 11.1 Å². The second-order valence-corrected chi connectivity index (χ2v) is 7.55. The summed E-state index contributed by atoms with van der Waals surface area (Å²) in [6.07, 6.45) is 0. The summed E-state index contributed by atoms with van der Waals surface area (Å²) < 4.78 is 5.89. The zero-order chi connectivity index (χ0) is 14.9. The zero-order valence-electron chi connectivity index (χ0n) is 13.8. The summed E-state index contributed by atoms with van der Waals surface area (Å²) in [6.45, 7) is 20.4. The van der Waals surface area contributed by atoms with Crippen LogP contribution in [-0.2, 0) is 9.53 Å². The first-order chi connectivity index (χ1) is 7.74. The summed E-state index contributed by atoms with van der Waals surface area (Å²) in [7, 11) is 0. The fourth-order valence-electron chi connectivity index (χ4n) is 1.90. The fourth-order valence-corrected chi connectivity index (χ4v) is 1.90. The van der Waals surface area contributed by atoms with Crippen molar-refractivity contribution in [3.8, 4) is 0 Å². The van der Waals surface area contributed by atoms with Crippen LogP contribution in [0.5, 0.6) is 0 Å². The van der Waals surface area contributed by atoms with E-state index >= 15 is 0 Å². The van der Waals surface area contributed by atoms with E-state index in [1.165, 1.54) is 0 Å². The number of esters is 1. The fraction of sp³-hybridized carbons (Fsp3) is 0.812. The van der Waals surface area contributed by atoms with Crippen LogP contribution in [0.1, 0.15) is 69.2 Å². The highest BCUT2D eigenvalue weighted by atomic mass is 16.6. The van der Waals surface area contributed by atoms with Gasteiger partial charge in [0, 0.05) is 16.4 Å². The van der Waals surface area contributed by atoms with E-state index in [0.717, 1.165) is 5.57 Å². The van der Waals surface area contributed by atoms with Crippen molar-refractivity contribution >= 4 is 5.97 Å². The maximum Gasteiger partial charge on any atom is 0.334 e. The number of hydrogen-bond donors (Lipinski definition) is 0. The van der Waals surface area contributed by atoms with E-state index in [9.17, 15) is 4.79 Å². The Morgan fingerprint density at radius 3 is 1.33 bits per heavy atom. The average molecular weight is 254 g/mol. The molecule has 0 aliphatic heterocycles. The third kappa shape index (κ3) is 3.37. The zero-order valence-corrected chi connectivity index (χ0v) is 13.8. The van der Waals surface area contributed by atoms with Crippen molar-refractivity contribution in [1.29, 1.82) is 0 Å². The van der Waals surface area contributed by atoms with Gasteiger partial charge in [-0.25, -0.2) is 4.79 Å². The lowest BCUT2D eigenvalue weighted by atomic mass is 9.63. The van der Waals surface area contributed by atoms with E-state index < -0.39 is 5.60 Å². The maximum atomic E-state index is 12.2. The average Bonchev–Trinajstić information content (AvgIpc) is 2.12. The molecule has 2 nitrogen and oxygen atoms in total. The number of rotatable bonds is 2. The summed E-state index contributed by atoms with van der Waals surface area (Å²) in [5.74, 6) is -0.206. The lowest BCUT2D eigenvalue weighted by Crippen LogP contribution is -2.53. The van der Waals surface area contributed by atoms with Gasteiger partial charge in [-0.15, -0.1) is 0 Å². The molecule has 0 heterocycles. The Hall–Kier alpha value is -0.790. The summed E-state index contributed by atoms with van der Waals surface area (Å²) in [5, 5.41) is 0. The van der Waals surface area contributed by atoms with Crippen molar-refractivity contribution < 1.29 is 9.53 Å². The Morgan fingerprint density at radius 2 is 1.11 bits per heavy atom. The number of carbonyl (C=O) groups is 1. The quantitative estimate of drug-likeness (QED) is 0.525. The minimum absolute atomic E-state index is 0.122. The molecule has 0 unspecified atom stereocenters. The molecule has 0 N–H and O–H groups in total. The molecule has 106 valence electrons. The summed E-state index contributed by atoms with van der Waals surface area (Å²) >= 11 is 0. The van der Waals surface area contributed by atoms with E-state index in [1.54, 1.807) is 0 Å². The Labute approximate surface area is 113 Å². The first-order valence-electron chi connectivity index (χ1n) is 6.61. The molecule has 18 heavy (non-hydrogen) atoms. The molecule has 0 amide bonds. The SMILES string of the molecule is CC(C)=C(C)C(=O)OC(C)(C(C)(C)C)C(C)(C)C. The topological polar surface area (TPSA) is 26.3 Å². The molecule has 0 aromatic carbocycles. The second-order valence-electron chi connectivity index (χ2n) is 7.55. The van der Waals surface area contributed by atoms with Gasteiger partial charge in [0.1, 0.15) is 5.60 Å². The molecule has 0 rings (SSSR count). The first kappa shape index (κ1) is 17.2. The van der Waals surface area contributed by atoms with Crippen LogP contribution in [0.4, 0.5) is 0 Å². The van der Waals surface area contributed by atoms with Crippen LogP contribution >= 0.6 is 0 Å². The van der Waals surface area contributed by atoms with E-state index in [0.29, 0.717) is 5.57 Å². The number of carbonyl (C=O) groups excluding carboxylic acids is 1. The monoisotopic (exact) mass is 254 g/mol. The van der Waals surface area contributed by atoms with Gasteiger partial charge in [0.15, 0.2) is 0 Å². The Morgan fingerprint density at radius 1 is 0.778 bits per heavy atom. The molecule has 0 aliphatic carbocycles. The van der Waals surface area contributed by atoms with E-state index in [4.69, 9.17) is 4.74 Å². The molecule has 0 aromatic rings. The Kier molecular flexibility index (Phi) is 4.84. The molecular weight excluding hydrogens is 224 g/mol. The van der Waals surface area contributed by atoms with Gasteiger partial charge in [-0.1, -0.05) is 47.1 Å². The molecule has 0 aliphatic rings. The standard InChI is InChI=1S/C16H30O2/c1-11(2)12(3)13(17)18-16(10,14(4,5)6)15(7,8)9/h1-10H3. The molecule has 2 heteroatoms.